The van der Waals surface area contributed by atoms with Gasteiger partial charge in [-0.05, 0) is 44.6 Å². The van der Waals surface area contributed by atoms with Gasteiger partial charge >= 0.3 is 0 Å². The van der Waals surface area contributed by atoms with Crippen LogP contribution in [0.5, 0.6) is 0 Å². The Labute approximate surface area is 140 Å². The summed E-state index contributed by atoms with van der Waals surface area (Å²) in [6.45, 7) is 5.76. The zero-order chi connectivity index (χ0) is 16.8. The van der Waals surface area contributed by atoms with Gasteiger partial charge < -0.3 is 15.8 Å². The number of hydrogen-bond acceptors (Lipinski definition) is 4. The number of fused-ring (bicyclic) bond motifs is 1. The monoisotopic (exact) mass is 336 g/mol. The number of hydrogen-bond donors (Lipinski definition) is 2. The average molecular weight is 336 g/mol. The second-order valence-electron chi connectivity index (χ2n) is 5.71. The molecule has 0 aliphatic heterocycles. The number of carbonyl (C=O) groups excluding carboxylic acids is 2. The summed E-state index contributed by atoms with van der Waals surface area (Å²) in [6.07, 6.45) is 6.97. The van der Waals surface area contributed by atoms with Gasteiger partial charge in [0, 0.05) is 4.88 Å². The normalized spacial score (nSPS) is 15.3. The molecule has 1 aromatic rings. The van der Waals surface area contributed by atoms with Crippen LogP contribution in [-0.2, 0) is 22.4 Å². The second-order valence-corrected chi connectivity index (χ2v) is 6.82. The first-order valence-corrected chi connectivity index (χ1v) is 8.84. The number of rotatable bonds is 7. The fourth-order valence-corrected chi connectivity index (χ4v) is 4.01. The molecule has 1 aromatic heterocycles. The lowest BCUT2D eigenvalue weighted by Crippen LogP contribution is -2.28. The van der Waals surface area contributed by atoms with Crippen LogP contribution in [0.15, 0.2) is 12.7 Å². The highest BCUT2D eigenvalue weighted by molar-refractivity contribution is 7.17. The number of thiophene rings is 1. The van der Waals surface area contributed by atoms with Crippen molar-refractivity contribution in [1.82, 2.24) is 0 Å². The van der Waals surface area contributed by atoms with Gasteiger partial charge in [0.15, 0.2) is 0 Å². The largest absolute Gasteiger partial charge is 0.368 e. The SMILES string of the molecule is C=CCCOC(C)C(=O)Nc1sc2c(c1C(N)=O)CCCCC2. The van der Waals surface area contributed by atoms with Crippen molar-refractivity contribution in [3.8, 4) is 0 Å². The van der Waals surface area contributed by atoms with E-state index in [9.17, 15) is 9.59 Å². The molecule has 0 spiro atoms. The number of amides is 2. The Hall–Kier alpha value is -1.66. The topological polar surface area (TPSA) is 81.4 Å². The summed E-state index contributed by atoms with van der Waals surface area (Å²) in [4.78, 5) is 25.3. The van der Waals surface area contributed by atoms with Crippen LogP contribution >= 0.6 is 11.3 Å². The van der Waals surface area contributed by atoms with E-state index in [-0.39, 0.29) is 5.91 Å². The summed E-state index contributed by atoms with van der Waals surface area (Å²) >= 11 is 1.47. The number of nitrogens with two attached hydrogens (primary N) is 1. The van der Waals surface area contributed by atoms with Gasteiger partial charge in [-0.3, -0.25) is 9.59 Å². The van der Waals surface area contributed by atoms with Crippen LogP contribution in [0.4, 0.5) is 5.00 Å². The number of carbonyl (C=O) groups is 2. The Bertz CT molecular complexity index is 595. The number of aryl methyl sites for hydroxylation is 1. The molecule has 3 N–H and O–H groups in total. The molecule has 2 amide bonds. The molecule has 5 nitrogen and oxygen atoms in total. The number of primary amides is 1. The Morgan fingerprint density at radius 3 is 2.83 bits per heavy atom. The summed E-state index contributed by atoms with van der Waals surface area (Å²) in [5.74, 6) is -0.729. The lowest BCUT2D eigenvalue weighted by atomic mass is 10.1. The van der Waals surface area contributed by atoms with Crippen molar-refractivity contribution in [2.75, 3.05) is 11.9 Å². The summed E-state index contributed by atoms with van der Waals surface area (Å²) in [7, 11) is 0. The first kappa shape index (κ1) is 17.7. The minimum atomic E-state index is -0.586. The number of ether oxygens (including phenoxy) is 1. The maximum atomic E-state index is 12.3. The molecule has 2 rings (SSSR count). The zero-order valence-electron chi connectivity index (χ0n) is 13.5. The molecule has 0 aromatic carbocycles. The van der Waals surface area contributed by atoms with Crippen molar-refractivity contribution in [2.45, 2.75) is 51.6 Å². The maximum Gasteiger partial charge on any atom is 0.253 e. The zero-order valence-corrected chi connectivity index (χ0v) is 14.3. The lowest BCUT2D eigenvalue weighted by Gasteiger charge is -2.12. The van der Waals surface area contributed by atoms with E-state index in [2.05, 4.69) is 11.9 Å². The molecule has 1 aliphatic rings. The van der Waals surface area contributed by atoms with E-state index >= 15 is 0 Å². The average Bonchev–Trinajstić information content (AvgIpc) is 2.69. The second kappa shape index (κ2) is 8.26. The molecular weight excluding hydrogens is 312 g/mol. The van der Waals surface area contributed by atoms with Gasteiger partial charge in [0.05, 0.1) is 12.2 Å². The molecule has 1 unspecified atom stereocenters. The Morgan fingerprint density at radius 2 is 2.13 bits per heavy atom. The summed E-state index contributed by atoms with van der Waals surface area (Å²) in [5.41, 5.74) is 7.07. The van der Waals surface area contributed by atoms with Crippen molar-refractivity contribution in [2.24, 2.45) is 5.73 Å². The predicted molar refractivity (Wildman–Crippen MR) is 93.0 cm³/mol. The minimum Gasteiger partial charge on any atom is -0.368 e. The molecule has 1 aliphatic carbocycles. The van der Waals surface area contributed by atoms with Gasteiger partial charge in [0.1, 0.15) is 11.1 Å². The van der Waals surface area contributed by atoms with E-state index in [0.717, 1.165) is 37.7 Å². The van der Waals surface area contributed by atoms with Crippen molar-refractivity contribution in [3.05, 3.63) is 28.7 Å². The van der Waals surface area contributed by atoms with E-state index in [1.165, 1.54) is 16.2 Å². The van der Waals surface area contributed by atoms with Crippen LogP contribution in [0, 0.1) is 0 Å². The molecule has 0 radical (unpaired) electrons. The quantitative estimate of drug-likeness (QED) is 0.456. The smallest absolute Gasteiger partial charge is 0.253 e. The molecule has 23 heavy (non-hydrogen) atoms. The predicted octanol–water partition coefficient (Wildman–Crippen LogP) is 3.04. The Kier molecular flexibility index (Phi) is 6.36. The summed E-state index contributed by atoms with van der Waals surface area (Å²) < 4.78 is 5.44. The van der Waals surface area contributed by atoms with Gasteiger partial charge in [0.2, 0.25) is 0 Å². The molecule has 6 heteroatoms. The van der Waals surface area contributed by atoms with Crippen molar-refractivity contribution in [1.29, 1.82) is 0 Å². The highest BCUT2D eigenvalue weighted by atomic mass is 32.1. The van der Waals surface area contributed by atoms with E-state index in [4.69, 9.17) is 10.5 Å². The molecule has 0 bridgehead atoms. The van der Waals surface area contributed by atoms with Crippen LogP contribution in [0.2, 0.25) is 0 Å². The molecule has 1 atom stereocenters. The Balaban J connectivity index is 2.14. The van der Waals surface area contributed by atoms with Crippen molar-refractivity contribution >= 4 is 28.2 Å². The fourth-order valence-electron chi connectivity index (χ4n) is 2.71. The molecule has 126 valence electrons. The maximum absolute atomic E-state index is 12.3. The van der Waals surface area contributed by atoms with Gasteiger partial charge in [-0.25, -0.2) is 0 Å². The minimum absolute atomic E-state index is 0.257. The number of anilines is 1. The van der Waals surface area contributed by atoms with Crippen molar-refractivity contribution in [3.63, 3.8) is 0 Å². The lowest BCUT2D eigenvalue weighted by molar-refractivity contribution is -0.126. The van der Waals surface area contributed by atoms with Crippen LogP contribution in [-0.4, -0.2) is 24.5 Å². The van der Waals surface area contributed by atoms with Gasteiger partial charge in [-0.15, -0.1) is 17.9 Å². The number of nitrogens with one attached hydrogen (secondary N) is 1. The summed E-state index contributed by atoms with van der Waals surface area (Å²) in [6, 6.07) is 0. The third kappa shape index (κ3) is 4.42. The standard InChI is InChI=1S/C17H24N2O3S/c1-3-4-10-22-11(2)16(21)19-17-14(15(18)20)12-8-6-5-7-9-13(12)23-17/h3,11H,1,4-10H2,2H3,(H2,18,20)(H,19,21). The van der Waals surface area contributed by atoms with Crippen LogP contribution in [0.1, 0.15) is 53.4 Å². The Morgan fingerprint density at radius 1 is 1.39 bits per heavy atom. The third-order valence-corrected chi connectivity index (χ3v) is 5.17. The highest BCUT2D eigenvalue weighted by Gasteiger charge is 2.25. The summed E-state index contributed by atoms with van der Waals surface area (Å²) in [5, 5.41) is 3.39. The van der Waals surface area contributed by atoms with Gasteiger partial charge in [0.25, 0.3) is 11.8 Å². The first-order valence-electron chi connectivity index (χ1n) is 8.02. The van der Waals surface area contributed by atoms with Gasteiger partial charge in [-0.1, -0.05) is 12.5 Å². The highest BCUT2D eigenvalue weighted by Crippen LogP contribution is 2.37. The van der Waals surface area contributed by atoms with Crippen LogP contribution in [0.25, 0.3) is 0 Å². The molecule has 1 heterocycles. The van der Waals surface area contributed by atoms with E-state index < -0.39 is 12.0 Å². The van der Waals surface area contributed by atoms with Crippen molar-refractivity contribution < 1.29 is 14.3 Å². The molecule has 0 fully saturated rings. The first-order chi connectivity index (χ1) is 11.0. The van der Waals surface area contributed by atoms with Gasteiger partial charge in [-0.2, -0.15) is 0 Å². The molecule has 0 saturated heterocycles. The molecular formula is C17H24N2O3S. The van der Waals surface area contributed by atoms with E-state index in [1.54, 1.807) is 13.0 Å². The fraction of sp³-hybridized carbons (Fsp3) is 0.529. The molecule has 0 saturated carbocycles. The van der Waals surface area contributed by atoms with E-state index in [1.807, 2.05) is 0 Å². The van der Waals surface area contributed by atoms with Crippen LogP contribution in [0.3, 0.4) is 0 Å². The third-order valence-electron chi connectivity index (χ3n) is 3.96. The van der Waals surface area contributed by atoms with E-state index in [0.29, 0.717) is 23.6 Å². The van der Waals surface area contributed by atoms with Crippen LogP contribution < -0.4 is 11.1 Å².